The van der Waals surface area contributed by atoms with Gasteiger partial charge in [0.05, 0.1) is 5.69 Å². The van der Waals surface area contributed by atoms with E-state index in [1.807, 2.05) is 6.92 Å². The third kappa shape index (κ3) is 3.54. The van der Waals surface area contributed by atoms with E-state index in [1.54, 1.807) is 24.3 Å². The summed E-state index contributed by atoms with van der Waals surface area (Å²) in [5.41, 5.74) is 7.38. The minimum Gasteiger partial charge on any atom is -0.409 e. The van der Waals surface area contributed by atoms with Crippen LogP contribution >= 0.6 is 11.5 Å². The number of aryl methyl sites for hydroxylation is 1. The predicted molar refractivity (Wildman–Crippen MR) is 80.8 cm³/mol. The van der Waals surface area contributed by atoms with Crippen LogP contribution in [-0.2, 0) is 6.42 Å². The van der Waals surface area contributed by atoms with Gasteiger partial charge in [-0.1, -0.05) is 23.0 Å². The SMILES string of the molecule is CCCc1nnsc1C(=O)Nc1ccc(C(N)=NO)cc1. The van der Waals surface area contributed by atoms with Gasteiger partial charge in [-0.25, -0.2) is 0 Å². The van der Waals surface area contributed by atoms with Crippen LogP contribution in [0, 0.1) is 0 Å². The predicted octanol–water partition coefficient (Wildman–Crippen LogP) is 1.84. The van der Waals surface area contributed by atoms with E-state index in [2.05, 4.69) is 20.1 Å². The Morgan fingerprint density at radius 2 is 2.14 bits per heavy atom. The van der Waals surface area contributed by atoms with Gasteiger partial charge in [0.25, 0.3) is 5.91 Å². The quantitative estimate of drug-likeness (QED) is 0.337. The van der Waals surface area contributed by atoms with Gasteiger partial charge in [0.2, 0.25) is 0 Å². The minimum absolute atomic E-state index is 0.0183. The maximum atomic E-state index is 12.2. The number of rotatable bonds is 5. The average molecular weight is 305 g/mol. The molecule has 0 spiro atoms. The molecule has 0 aliphatic heterocycles. The molecule has 1 aromatic carbocycles. The van der Waals surface area contributed by atoms with Crippen LogP contribution < -0.4 is 11.1 Å². The van der Waals surface area contributed by atoms with Crippen molar-refractivity contribution in [3.63, 3.8) is 0 Å². The lowest BCUT2D eigenvalue weighted by Crippen LogP contribution is -2.14. The number of anilines is 1. The zero-order valence-corrected chi connectivity index (χ0v) is 12.2. The van der Waals surface area contributed by atoms with E-state index in [9.17, 15) is 4.79 Å². The van der Waals surface area contributed by atoms with Gasteiger partial charge in [0, 0.05) is 11.3 Å². The lowest BCUT2D eigenvalue weighted by Gasteiger charge is -2.05. The van der Waals surface area contributed by atoms with E-state index in [0.29, 0.717) is 21.8 Å². The molecule has 110 valence electrons. The van der Waals surface area contributed by atoms with Crippen molar-refractivity contribution >= 4 is 29.0 Å². The van der Waals surface area contributed by atoms with Crippen molar-refractivity contribution < 1.29 is 10.0 Å². The van der Waals surface area contributed by atoms with Gasteiger partial charge in [0.1, 0.15) is 4.88 Å². The summed E-state index contributed by atoms with van der Waals surface area (Å²) < 4.78 is 3.82. The normalized spacial score (nSPS) is 11.4. The average Bonchev–Trinajstić information content (AvgIpc) is 2.96. The zero-order chi connectivity index (χ0) is 15.2. The van der Waals surface area contributed by atoms with Crippen LogP contribution in [-0.4, -0.2) is 26.5 Å². The van der Waals surface area contributed by atoms with Crippen LogP contribution in [0.1, 0.15) is 34.3 Å². The monoisotopic (exact) mass is 305 g/mol. The van der Waals surface area contributed by atoms with E-state index in [-0.39, 0.29) is 11.7 Å². The van der Waals surface area contributed by atoms with E-state index in [1.165, 1.54) is 0 Å². The maximum absolute atomic E-state index is 12.2. The highest BCUT2D eigenvalue weighted by atomic mass is 32.1. The van der Waals surface area contributed by atoms with Crippen LogP contribution in [0.3, 0.4) is 0 Å². The van der Waals surface area contributed by atoms with E-state index >= 15 is 0 Å². The largest absolute Gasteiger partial charge is 0.409 e. The molecule has 0 aliphatic carbocycles. The Kier molecular flexibility index (Phi) is 4.83. The highest BCUT2D eigenvalue weighted by Gasteiger charge is 2.15. The van der Waals surface area contributed by atoms with Crippen molar-refractivity contribution in [1.82, 2.24) is 9.59 Å². The topological polar surface area (TPSA) is 113 Å². The van der Waals surface area contributed by atoms with Crippen LogP contribution in [0.15, 0.2) is 29.4 Å². The zero-order valence-electron chi connectivity index (χ0n) is 11.4. The fraction of sp³-hybridized carbons (Fsp3) is 0.231. The number of nitrogens with zero attached hydrogens (tertiary/aromatic N) is 3. The van der Waals surface area contributed by atoms with Gasteiger partial charge in [-0.15, -0.1) is 5.10 Å². The molecule has 0 radical (unpaired) electrons. The van der Waals surface area contributed by atoms with Gasteiger partial charge in [0.15, 0.2) is 5.84 Å². The molecule has 1 aromatic heterocycles. The van der Waals surface area contributed by atoms with Crippen molar-refractivity contribution in [3.05, 3.63) is 40.4 Å². The summed E-state index contributed by atoms with van der Waals surface area (Å²) >= 11 is 1.08. The first-order valence-corrected chi connectivity index (χ1v) is 7.13. The van der Waals surface area contributed by atoms with Crippen molar-refractivity contribution in [2.45, 2.75) is 19.8 Å². The first-order chi connectivity index (χ1) is 10.2. The number of hydrogen-bond acceptors (Lipinski definition) is 6. The van der Waals surface area contributed by atoms with Crippen molar-refractivity contribution in [3.8, 4) is 0 Å². The molecule has 2 rings (SSSR count). The van der Waals surface area contributed by atoms with Gasteiger partial charge in [-0.3, -0.25) is 4.79 Å². The fourth-order valence-corrected chi connectivity index (χ4v) is 2.35. The molecule has 1 amide bonds. The van der Waals surface area contributed by atoms with Gasteiger partial charge in [-0.05, 0) is 42.2 Å². The van der Waals surface area contributed by atoms with Crippen LogP contribution in [0.2, 0.25) is 0 Å². The summed E-state index contributed by atoms with van der Waals surface area (Å²) in [6, 6.07) is 6.67. The van der Waals surface area contributed by atoms with Crippen molar-refractivity contribution in [2.24, 2.45) is 10.9 Å². The molecule has 7 nitrogen and oxygen atoms in total. The summed E-state index contributed by atoms with van der Waals surface area (Å²) in [5, 5.41) is 18.2. The molecule has 1 heterocycles. The van der Waals surface area contributed by atoms with E-state index in [4.69, 9.17) is 10.9 Å². The summed E-state index contributed by atoms with van der Waals surface area (Å²) in [4.78, 5) is 12.7. The Hall–Kier alpha value is -2.48. The molecule has 0 fully saturated rings. The highest BCUT2D eigenvalue weighted by Crippen LogP contribution is 2.16. The summed E-state index contributed by atoms with van der Waals surface area (Å²) in [6.07, 6.45) is 1.63. The smallest absolute Gasteiger partial charge is 0.269 e. The Morgan fingerprint density at radius 3 is 2.76 bits per heavy atom. The third-order valence-electron chi connectivity index (χ3n) is 2.80. The number of oxime groups is 1. The van der Waals surface area contributed by atoms with Crippen molar-refractivity contribution in [1.29, 1.82) is 0 Å². The number of benzene rings is 1. The Labute approximate surface area is 125 Å². The molecule has 0 saturated heterocycles. The number of nitrogens with one attached hydrogen (secondary N) is 1. The van der Waals surface area contributed by atoms with E-state index < -0.39 is 0 Å². The van der Waals surface area contributed by atoms with Gasteiger partial charge < -0.3 is 16.3 Å². The third-order valence-corrected chi connectivity index (χ3v) is 3.56. The second kappa shape index (κ2) is 6.80. The molecule has 0 unspecified atom stereocenters. The lowest BCUT2D eigenvalue weighted by molar-refractivity contribution is 0.102. The number of amides is 1. The first kappa shape index (κ1) is 14.9. The lowest BCUT2D eigenvalue weighted by atomic mass is 10.2. The molecule has 21 heavy (non-hydrogen) atoms. The molecular weight excluding hydrogens is 290 g/mol. The van der Waals surface area contributed by atoms with Gasteiger partial charge >= 0.3 is 0 Å². The summed E-state index contributed by atoms with van der Waals surface area (Å²) in [5.74, 6) is -0.213. The molecule has 0 saturated carbocycles. The Morgan fingerprint density at radius 1 is 1.43 bits per heavy atom. The minimum atomic E-state index is -0.231. The summed E-state index contributed by atoms with van der Waals surface area (Å²) in [7, 11) is 0. The number of hydrogen-bond donors (Lipinski definition) is 3. The maximum Gasteiger partial charge on any atom is 0.269 e. The summed E-state index contributed by atoms with van der Waals surface area (Å²) in [6.45, 7) is 2.02. The Balaban J connectivity index is 2.10. The number of carbonyl (C=O) groups excluding carboxylic acids is 1. The first-order valence-electron chi connectivity index (χ1n) is 6.36. The molecule has 0 atom stereocenters. The standard InChI is InChI=1S/C13H15N5O2S/c1-2-3-10-11(21-18-16-10)13(19)15-9-6-4-8(5-7-9)12(14)17-20/h4-7,20H,2-3H2,1H3,(H2,14,17)(H,15,19). The van der Waals surface area contributed by atoms with Gasteiger partial charge in [-0.2, -0.15) is 0 Å². The number of aromatic nitrogens is 2. The van der Waals surface area contributed by atoms with Crippen LogP contribution in [0.25, 0.3) is 0 Å². The fourth-order valence-electron chi connectivity index (χ4n) is 1.75. The second-order valence-electron chi connectivity index (χ2n) is 4.32. The molecule has 0 aliphatic rings. The number of nitrogens with two attached hydrogens (primary N) is 1. The van der Waals surface area contributed by atoms with Crippen LogP contribution in [0.5, 0.6) is 0 Å². The molecule has 4 N–H and O–H groups in total. The molecule has 0 bridgehead atoms. The second-order valence-corrected chi connectivity index (χ2v) is 5.07. The van der Waals surface area contributed by atoms with Crippen LogP contribution in [0.4, 0.5) is 5.69 Å². The highest BCUT2D eigenvalue weighted by molar-refractivity contribution is 7.08. The number of amidine groups is 1. The van der Waals surface area contributed by atoms with E-state index in [0.717, 1.165) is 24.4 Å². The number of carbonyl (C=O) groups is 1. The molecular formula is C13H15N5O2S. The van der Waals surface area contributed by atoms with Crippen molar-refractivity contribution in [2.75, 3.05) is 5.32 Å². The molecule has 8 heteroatoms. The molecule has 2 aromatic rings. The Bertz CT molecular complexity index is 651.